The monoisotopic (exact) mass is 381 g/mol. The topological polar surface area (TPSA) is 58.4 Å². The van der Waals surface area contributed by atoms with Gasteiger partial charge < -0.3 is 9.84 Å². The lowest BCUT2D eigenvalue weighted by Gasteiger charge is -2.32. The summed E-state index contributed by atoms with van der Waals surface area (Å²) in [6.07, 6.45) is 2.31. The van der Waals surface area contributed by atoms with E-state index in [2.05, 4.69) is 39.6 Å². The van der Waals surface area contributed by atoms with E-state index in [-0.39, 0.29) is 5.91 Å². The molecule has 27 heavy (non-hydrogen) atoms. The standard InChI is InChI=1S/C21H23N3O2S/c25-21(18-12-19(26-23-18)20-9-5-11-27-20)22-13-17-8-4-10-24(15-17)14-16-6-2-1-3-7-16/h1-3,5-7,9,11-12,17H,4,8,10,13-15H2,(H,22,25). The predicted octanol–water partition coefficient (Wildman–Crippen LogP) is 4.05. The van der Waals surface area contributed by atoms with E-state index in [1.54, 1.807) is 17.4 Å². The van der Waals surface area contributed by atoms with Crippen LogP contribution in [0.4, 0.5) is 0 Å². The van der Waals surface area contributed by atoms with Gasteiger partial charge in [-0.3, -0.25) is 9.69 Å². The van der Waals surface area contributed by atoms with Crippen molar-refractivity contribution in [3.63, 3.8) is 0 Å². The van der Waals surface area contributed by atoms with Crippen LogP contribution in [-0.4, -0.2) is 35.6 Å². The summed E-state index contributed by atoms with van der Waals surface area (Å²) in [5, 5.41) is 8.92. The molecule has 1 amide bonds. The number of carbonyl (C=O) groups excluding carboxylic acids is 1. The number of carbonyl (C=O) groups is 1. The molecule has 0 spiro atoms. The van der Waals surface area contributed by atoms with E-state index in [1.807, 2.05) is 23.6 Å². The molecule has 0 radical (unpaired) electrons. The lowest BCUT2D eigenvalue weighted by Crippen LogP contribution is -2.40. The summed E-state index contributed by atoms with van der Waals surface area (Å²) in [7, 11) is 0. The summed E-state index contributed by atoms with van der Waals surface area (Å²) in [6, 6.07) is 16.2. The summed E-state index contributed by atoms with van der Waals surface area (Å²) in [4.78, 5) is 15.8. The van der Waals surface area contributed by atoms with Crippen molar-refractivity contribution in [1.29, 1.82) is 0 Å². The van der Waals surface area contributed by atoms with Crippen LogP contribution >= 0.6 is 11.3 Å². The number of hydrogen-bond acceptors (Lipinski definition) is 5. The Morgan fingerprint density at radius 3 is 2.96 bits per heavy atom. The van der Waals surface area contributed by atoms with Crippen LogP contribution < -0.4 is 5.32 Å². The highest BCUT2D eigenvalue weighted by atomic mass is 32.1. The fraction of sp³-hybridized carbons (Fsp3) is 0.333. The van der Waals surface area contributed by atoms with Crippen LogP contribution in [0.5, 0.6) is 0 Å². The van der Waals surface area contributed by atoms with Crippen LogP contribution in [0, 0.1) is 5.92 Å². The van der Waals surface area contributed by atoms with Gasteiger partial charge in [-0.2, -0.15) is 0 Å². The quantitative estimate of drug-likeness (QED) is 0.700. The average Bonchev–Trinajstić information content (AvgIpc) is 3.39. The highest BCUT2D eigenvalue weighted by Crippen LogP contribution is 2.25. The van der Waals surface area contributed by atoms with Crippen molar-refractivity contribution in [1.82, 2.24) is 15.4 Å². The van der Waals surface area contributed by atoms with E-state index in [0.717, 1.165) is 30.9 Å². The van der Waals surface area contributed by atoms with Gasteiger partial charge in [0.1, 0.15) is 0 Å². The number of benzene rings is 1. The van der Waals surface area contributed by atoms with Crippen LogP contribution in [-0.2, 0) is 6.54 Å². The number of amides is 1. The number of piperidine rings is 1. The fourth-order valence-electron chi connectivity index (χ4n) is 3.55. The Balaban J connectivity index is 1.28. The summed E-state index contributed by atoms with van der Waals surface area (Å²) >= 11 is 1.57. The van der Waals surface area contributed by atoms with Crippen molar-refractivity contribution < 1.29 is 9.32 Å². The zero-order valence-electron chi connectivity index (χ0n) is 15.1. The summed E-state index contributed by atoms with van der Waals surface area (Å²) in [5.41, 5.74) is 1.68. The minimum atomic E-state index is -0.165. The first-order valence-corrected chi connectivity index (χ1v) is 10.2. The van der Waals surface area contributed by atoms with Crippen LogP contribution in [0.2, 0.25) is 0 Å². The Labute approximate surface area is 163 Å². The molecule has 3 aromatic rings. The van der Waals surface area contributed by atoms with Crippen LogP contribution in [0.3, 0.4) is 0 Å². The lowest BCUT2D eigenvalue weighted by molar-refractivity contribution is 0.0921. The zero-order chi connectivity index (χ0) is 18.5. The fourth-order valence-corrected chi connectivity index (χ4v) is 4.22. The van der Waals surface area contributed by atoms with Crippen molar-refractivity contribution in [2.24, 2.45) is 5.92 Å². The molecule has 6 heteroatoms. The van der Waals surface area contributed by atoms with Gasteiger partial charge in [0.2, 0.25) is 0 Å². The first-order chi connectivity index (χ1) is 13.3. The second-order valence-electron chi connectivity index (χ2n) is 6.99. The molecule has 1 aliphatic rings. The van der Waals surface area contributed by atoms with Gasteiger partial charge in [0.05, 0.1) is 4.88 Å². The third-order valence-corrected chi connectivity index (χ3v) is 5.79. The highest BCUT2D eigenvalue weighted by molar-refractivity contribution is 7.13. The smallest absolute Gasteiger partial charge is 0.273 e. The largest absolute Gasteiger partial charge is 0.355 e. The third-order valence-electron chi connectivity index (χ3n) is 4.91. The van der Waals surface area contributed by atoms with Crippen molar-refractivity contribution in [3.05, 3.63) is 65.2 Å². The molecule has 2 aromatic heterocycles. The second kappa shape index (κ2) is 8.50. The lowest BCUT2D eigenvalue weighted by atomic mass is 9.97. The van der Waals surface area contributed by atoms with E-state index in [9.17, 15) is 4.79 Å². The number of nitrogens with one attached hydrogen (secondary N) is 1. The minimum Gasteiger partial charge on any atom is -0.355 e. The maximum atomic E-state index is 12.4. The minimum absolute atomic E-state index is 0.165. The SMILES string of the molecule is O=C(NCC1CCCN(Cc2ccccc2)C1)c1cc(-c2cccs2)on1. The molecule has 1 unspecified atom stereocenters. The van der Waals surface area contributed by atoms with Gasteiger partial charge in [-0.1, -0.05) is 41.6 Å². The first-order valence-electron chi connectivity index (χ1n) is 9.33. The van der Waals surface area contributed by atoms with Crippen LogP contribution in [0.1, 0.15) is 28.9 Å². The molecule has 5 nitrogen and oxygen atoms in total. The van der Waals surface area contributed by atoms with Crippen molar-refractivity contribution in [2.45, 2.75) is 19.4 Å². The zero-order valence-corrected chi connectivity index (χ0v) is 16.0. The van der Waals surface area contributed by atoms with E-state index < -0.39 is 0 Å². The van der Waals surface area contributed by atoms with Crippen LogP contribution in [0.25, 0.3) is 10.6 Å². The molecule has 1 N–H and O–H groups in total. The van der Waals surface area contributed by atoms with Gasteiger partial charge in [-0.15, -0.1) is 11.3 Å². The van der Waals surface area contributed by atoms with E-state index in [0.29, 0.717) is 23.9 Å². The Morgan fingerprint density at radius 1 is 1.26 bits per heavy atom. The Morgan fingerprint density at radius 2 is 2.15 bits per heavy atom. The van der Waals surface area contributed by atoms with Gasteiger partial charge in [-0.25, -0.2) is 0 Å². The van der Waals surface area contributed by atoms with Crippen molar-refractivity contribution >= 4 is 17.2 Å². The molecule has 1 aromatic carbocycles. The Kier molecular flexibility index (Phi) is 5.65. The molecule has 1 saturated heterocycles. The number of rotatable bonds is 6. The third kappa shape index (κ3) is 4.64. The summed E-state index contributed by atoms with van der Waals surface area (Å²) in [5.74, 6) is 0.943. The molecule has 0 saturated carbocycles. The maximum absolute atomic E-state index is 12.4. The van der Waals surface area contributed by atoms with Gasteiger partial charge in [0.15, 0.2) is 11.5 Å². The molecule has 0 aliphatic carbocycles. The first kappa shape index (κ1) is 17.9. The van der Waals surface area contributed by atoms with Crippen molar-refractivity contribution in [2.75, 3.05) is 19.6 Å². The van der Waals surface area contributed by atoms with Gasteiger partial charge >= 0.3 is 0 Å². The Bertz CT molecular complexity index is 861. The molecule has 1 aliphatic heterocycles. The summed E-state index contributed by atoms with van der Waals surface area (Å²) in [6.45, 7) is 3.77. The van der Waals surface area contributed by atoms with Gasteiger partial charge in [0.25, 0.3) is 5.91 Å². The maximum Gasteiger partial charge on any atom is 0.273 e. The number of aromatic nitrogens is 1. The van der Waals surface area contributed by atoms with E-state index in [1.165, 1.54) is 12.0 Å². The molecule has 1 atom stereocenters. The number of thiophene rings is 1. The molecule has 0 bridgehead atoms. The molecule has 4 rings (SSSR count). The average molecular weight is 382 g/mol. The van der Waals surface area contributed by atoms with Crippen LogP contribution in [0.15, 0.2) is 58.4 Å². The molecule has 3 heterocycles. The van der Waals surface area contributed by atoms with E-state index in [4.69, 9.17) is 4.52 Å². The van der Waals surface area contributed by atoms with E-state index >= 15 is 0 Å². The molecular weight excluding hydrogens is 358 g/mol. The predicted molar refractivity (Wildman–Crippen MR) is 107 cm³/mol. The number of nitrogens with zero attached hydrogens (tertiary/aromatic N) is 2. The molecule has 140 valence electrons. The molecule has 1 fully saturated rings. The Hall–Kier alpha value is -2.44. The highest BCUT2D eigenvalue weighted by Gasteiger charge is 2.21. The number of likely N-dealkylation sites (tertiary alicyclic amines) is 1. The second-order valence-corrected chi connectivity index (χ2v) is 7.94. The van der Waals surface area contributed by atoms with Gasteiger partial charge in [0, 0.05) is 25.7 Å². The summed E-state index contributed by atoms with van der Waals surface area (Å²) < 4.78 is 5.30. The normalized spacial score (nSPS) is 17.7. The van der Waals surface area contributed by atoms with Crippen molar-refractivity contribution in [3.8, 4) is 10.6 Å². The van der Waals surface area contributed by atoms with Gasteiger partial charge in [-0.05, 0) is 42.3 Å². The number of hydrogen-bond donors (Lipinski definition) is 1. The molecular formula is C21H23N3O2S.